The van der Waals surface area contributed by atoms with Crippen LogP contribution in [-0.4, -0.2) is 20.6 Å². The molecule has 2 aromatic carbocycles. The molecule has 3 aromatic rings. The number of nitrogens with zero attached hydrogens (tertiary/aromatic N) is 2. The smallest absolute Gasteiger partial charge is 0.337 e. The van der Waals surface area contributed by atoms with Crippen molar-refractivity contribution in [3.8, 4) is 5.69 Å². The van der Waals surface area contributed by atoms with Gasteiger partial charge < -0.3 is 5.11 Å². The van der Waals surface area contributed by atoms with Crippen molar-refractivity contribution in [3.05, 3.63) is 59.7 Å². The molecular weight excluding hydrogens is 259 g/mol. The monoisotopic (exact) mass is 270 g/mol. The van der Waals surface area contributed by atoms with E-state index in [9.17, 15) is 14.3 Å². The number of aromatic nitrogens is 2. The average Bonchev–Trinajstić information content (AvgIpc) is 2.85. The van der Waals surface area contributed by atoms with Gasteiger partial charge >= 0.3 is 5.97 Å². The highest BCUT2D eigenvalue weighted by molar-refractivity contribution is 6.01. The molecule has 0 atom stereocenters. The van der Waals surface area contributed by atoms with Crippen molar-refractivity contribution in [2.24, 2.45) is 0 Å². The van der Waals surface area contributed by atoms with Crippen LogP contribution in [0.5, 0.6) is 0 Å². The van der Waals surface area contributed by atoms with E-state index >= 15 is 0 Å². The molecule has 3 rings (SSSR count). The molecule has 100 valence electrons. The second-order valence-electron chi connectivity index (χ2n) is 4.55. The molecule has 5 heteroatoms. The molecule has 1 heterocycles. The number of imidazole rings is 1. The third kappa shape index (κ3) is 1.84. The van der Waals surface area contributed by atoms with Crippen LogP contribution in [-0.2, 0) is 0 Å². The Bertz CT molecular complexity index is 824. The summed E-state index contributed by atoms with van der Waals surface area (Å²) in [4.78, 5) is 15.5. The Balaban J connectivity index is 2.37. The minimum atomic E-state index is -1.06. The molecule has 4 nitrogen and oxygen atoms in total. The van der Waals surface area contributed by atoms with E-state index in [1.807, 2.05) is 6.92 Å². The van der Waals surface area contributed by atoms with Gasteiger partial charge in [0.15, 0.2) is 0 Å². The molecule has 1 aromatic heterocycles. The zero-order valence-corrected chi connectivity index (χ0v) is 10.7. The lowest BCUT2D eigenvalue weighted by molar-refractivity contribution is 0.0698. The maximum atomic E-state index is 14.0. The van der Waals surface area contributed by atoms with E-state index in [4.69, 9.17) is 0 Å². The summed E-state index contributed by atoms with van der Waals surface area (Å²) in [6.45, 7) is 1.85. The molecule has 1 N–H and O–H groups in total. The molecule has 0 spiro atoms. The molecule has 0 saturated heterocycles. The lowest BCUT2D eigenvalue weighted by Gasteiger charge is -2.08. The summed E-state index contributed by atoms with van der Waals surface area (Å²) in [5.74, 6) is -1.49. The maximum Gasteiger partial charge on any atom is 0.337 e. The average molecular weight is 270 g/mol. The Labute approximate surface area is 114 Å². The summed E-state index contributed by atoms with van der Waals surface area (Å²) in [7, 11) is 0. The van der Waals surface area contributed by atoms with Gasteiger partial charge in [-0.25, -0.2) is 14.2 Å². The van der Waals surface area contributed by atoms with Crippen LogP contribution in [0.25, 0.3) is 16.7 Å². The van der Waals surface area contributed by atoms with Crippen LogP contribution in [0.1, 0.15) is 15.9 Å². The molecule has 0 aliphatic carbocycles. The Hall–Kier alpha value is -2.69. The van der Waals surface area contributed by atoms with Crippen molar-refractivity contribution in [3.63, 3.8) is 0 Å². The first-order valence-corrected chi connectivity index (χ1v) is 6.04. The van der Waals surface area contributed by atoms with Gasteiger partial charge in [0.25, 0.3) is 0 Å². The van der Waals surface area contributed by atoms with Crippen molar-refractivity contribution in [1.29, 1.82) is 0 Å². The van der Waals surface area contributed by atoms with E-state index < -0.39 is 11.8 Å². The summed E-state index contributed by atoms with van der Waals surface area (Å²) in [6.07, 6.45) is 1.44. The highest BCUT2D eigenvalue weighted by atomic mass is 19.1. The predicted octanol–water partition coefficient (Wildman–Crippen LogP) is 3.17. The number of hydrogen-bond acceptors (Lipinski definition) is 2. The number of carboxylic acid groups (broad SMARTS) is 1. The molecular formula is C15H11FN2O2. The van der Waals surface area contributed by atoms with Gasteiger partial charge in [0.05, 0.1) is 22.3 Å². The standard InChI is InChI=1S/C15H11FN2O2/c1-9-5-6-11(16)13(7-9)18-8-17-12-4-2-3-10(14(12)18)15(19)20/h2-8H,1H3,(H,19,20). The van der Waals surface area contributed by atoms with E-state index in [-0.39, 0.29) is 5.56 Å². The predicted molar refractivity (Wildman–Crippen MR) is 72.7 cm³/mol. The number of benzene rings is 2. The van der Waals surface area contributed by atoms with Gasteiger partial charge in [-0.1, -0.05) is 12.1 Å². The van der Waals surface area contributed by atoms with E-state index in [1.165, 1.54) is 23.0 Å². The summed E-state index contributed by atoms with van der Waals surface area (Å²) >= 11 is 0. The normalized spacial score (nSPS) is 10.9. The second kappa shape index (κ2) is 4.45. The summed E-state index contributed by atoms with van der Waals surface area (Å²) < 4.78 is 15.5. The second-order valence-corrected chi connectivity index (χ2v) is 4.55. The van der Waals surface area contributed by atoms with Crippen molar-refractivity contribution < 1.29 is 14.3 Å². The molecule has 0 fully saturated rings. The lowest BCUT2D eigenvalue weighted by Crippen LogP contribution is -2.03. The van der Waals surface area contributed by atoms with Crippen LogP contribution in [0.2, 0.25) is 0 Å². The highest BCUT2D eigenvalue weighted by Gasteiger charge is 2.16. The molecule has 20 heavy (non-hydrogen) atoms. The van der Waals surface area contributed by atoms with E-state index in [1.54, 1.807) is 24.3 Å². The van der Waals surface area contributed by atoms with Crippen LogP contribution in [0.3, 0.4) is 0 Å². The zero-order chi connectivity index (χ0) is 14.3. The lowest BCUT2D eigenvalue weighted by atomic mass is 10.1. The molecule has 0 aliphatic heterocycles. The number of aryl methyl sites for hydroxylation is 1. The van der Waals surface area contributed by atoms with Gasteiger partial charge in [-0.05, 0) is 36.8 Å². The summed E-state index contributed by atoms with van der Waals surface area (Å²) in [5, 5.41) is 9.26. The molecule has 0 radical (unpaired) electrons. The molecule has 0 unspecified atom stereocenters. The van der Waals surface area contributed by atoms with Gasteiger partial charge in [-0.2, -0.15) is 0 Å². The van der Waals surface area contributed by atoms with Crippen molar-refractivity contribution in [2.45, 2.75) is 6.92 Å². The van der Waals surface area contributed by atoms with Gasteiger partial charge in [-0.3, -0.25) is 4.57 Å². The van der Waals surface area contributed by atoms with Crippen LogP contribution < -0.4 is 0 Å². The Morgan fingerprint density at radius 3 is 2.85 bits per heavy atom. The summed E-state index contributed by atoms with van der Waals surface area (Å²) in [6, 6.07) is 9.49. The minimum Gasteiger partial charge on any atom is -0.478 e. The molecule has 0 aliphatic rings. The van der Waals surface area contributed by atoms with Crippen molar-refractivity contribution in [2.75, 3.05) is 0 Å². The number of para-hydroxylation sites is 1. The van der Waals surface area contributed by atoms with Crippen LogP contribution in [0, 0.1) is 12.7 Å². The zero-order valence-electron chi connectivity index (χ0n) is 10.7. The summed E-state index contributed by atoms with van der Waals surface area (Å²) in [5.41, 5.74) is 2.19. The van der Waals surface area contributed by atoms with Crippen LogP contribution in [0.4, 0.5) is 4.39 Å². The Kier molecular flexibility index (Phi) is 2.75. The fraction of sp³-hybridized carbons (Fsp3) is 0.0667. The quantitative estimate of drug-likeness (QED) is 0.778. The first-order valence-electron chi connectivity index (χ1n) is 6.04. The first kappa shape index (κ1) is 12.3. The van der Waals surface area contributed by atoms with E-state index in [0.717, 1.165) is 5.56 Å². The van der Waals surface area contributed by atoms with Gasteiger partial charge in [0.2, 0.25) is 0 Å². The third-order valence-electron chi connectivity index (χ3n) is 3.16. The van der Waals surface area contributed by atoms with Gasteiger partial charge in [-0.15, -0.1) is 0 Å². The van der Waals surface area contributed by atoms with E-state index in [0.29, 0.717) is 16.7 Å². The molecule has 0 amide bonds. The fourth-order valence-electron chi connectivity index (χ4n) is 2.23. The Morgan fingerprint density at radius 1 is 1.30 bits per heavy atom. The fourth-order valence-corrected chi connectivity index (χ4v) is 2.23. The van der Waals surface area contributed by atoms with Gasteiger partial charge in [0.1, 0.15) is 12.1 Å². The number of rotatable bonds is 2. The number of fused-ring (bicyclic) bond motifs is 1. The number of carboxylic acids is 1. The number of aromatic carboxylic acids is 1. The SMILES string of the molecule is Cc1ccc(F)c(-n2cnc3cccc(C(=O)O)c32)c1. The first-order chi connectivity index (χ1) is 9.58. The number of halogens is 1. The Morgan fingerprint density at radius 2 is 2.10 bits per heavy atom. The van der Waals surface area contributed by atoms with Crippen LogP contribution in [0.15, 0.2) is 42.7 Å². The van der Waals surface area contributed by atoms with E-state index in [2.05, 4.69) is 4.98 Å². The molecule has 0 bridgehead atoms. The maximum absolute atomic E-state index is 14.0. The molecule has 0 saturated carbocycles. The minimum absolute atomic E-state index is 0.0981. The largest absolute Gasteiger partial charge is 0.478 e. The number of hydrogen-bond donors (Lipinski definition) is 1. The van der Waals surface area contributed by atoms with Crippen molar-refractivity contribution in [1.82, 2.24) is 9.55 Å². The van der Waals surface area contributed by atoms with Gasteiger partial charge in [0, 0.05) is 0 Å². The van der Waals surface area contributed by atoms with Crippen molar-refractivity contribution >= 4 is 17.0 Å². The topological polar surface area (TPSA) is 55.1 Å². The highest BCUT2D eigenvalue weighted by Crippen LogP contribution is 2.24. The van der Waals surface area contributed by atoms with Crippen LogP contribution >= 0.6 is 0 Å². The third-order valence-corrected chi connectivity index (χ3v) is 3.16. The number of carbonyl (C=O) groups is 1.